The van der Waals surface area contributed by atoms with Crippen LogP contribution in [-0.2, 0) is 0 Å². The van der Waals surface area contributed by atoms with Gasteiger partial charge in [-0.2, -0.15) is 5.10 Å². The Bertz CT molecular complexity index is 381. The highest BCUT2D eigenvalue weighted by Gasteiger charge is 2.27. The Morgan fingerprint density at radius 3 is 2.92 bits per heavy atom. The van der Waals surface area contributed by atoms with Crippen LogP contribution in [0.2, 0.25) is 0 Å². The Balaban J connectivity index is 2.54. The molecule has 1 aromatic heterocycles. The number of rotatable bonds is 2. The van der Waals surface area contributed by atoms with Gasteiger partial charge < -0.3 is 10.5 Å². The number of nitrogens with two attached hydrogens (primary N) is 1. The van der Waals surface area contributed by atoms with Crippen molar-refractivity contribution < 1.29 is 4.74 Å². The summed E-state index contributed by atoms with van der Waals surface area (Å²) in [4.78, 5) is 11.6. The highest BCUT2D eigenvalue weighted by atomic mass is 16.5. The van der Waals surface area contributed by atoms with E-state index in [2.05, 4.69) is 5.10 Å². The maximum Gasteiger partial charge on any atom is 0.311 e. The maximum atomic E-state index is 11.6. The first-order chi connectivity index (χ1) is 6.24. The van der Waals surface area contributed by atoms with Gasteiger partial charge in [-0.3, -0.25) is 4.79 Å². The first-order valence-electron chi connectivity index (χ1n) is 4.15. The summed E-state index contributed by atoms with van der Waals surface area (Å²) in [7, 11) is 1.43. The number of ether oxygens (including phenoxy) is 1. The SMILES string of the molecule is COc1c(N)cnn(C2CC2)c1=O. The number of anilines is 1. The van der Waals surface area contributed by atoms with E-state index < -0.39 is 0 Å². The standard InChI is InChI=1S/C8H11N3O2/c1-13-7-6(9)4-10-11(8(7)12)5-2-3-5/h4-5H,2-3,9H2,1H3. The second kappa shape index (κ2) is 2.76. The van der Waals surface area contributed by atoms with E-state index >= 15 is 0 Å². The van der Waals surface area contributed by atoms with Gasteiger partial charge in [0.25, 0.3) is 0 Å². The van der Waals surface area contributed by atoms with E-state index in [1.165, 1.54) is 18.0 Å². The Kier molecular flexibility index (Phi) is 1.72. The fourth-order valence-electron chi connectivity index (χ4n) is 1.25. The first-order valence-corrected chi connectivity index (χ1v) is 4.15. The van der Waals surface area contributed by atoms with Gasteiger partial charge in [0.2, 0.25) is 5.75 Å². The Morgan fingerprint density at radius 1 is 1.69 bits per heavy atom. The minimum Gasteiger partial charge on any atom is -0.490 e. The number of hydrogen-bond acceptors (Lipinski definition) is 4. The molecule has 5 nitrogen and oxygen atoms in total. The number of aromatic nitrogens is 2. The van der Waals surface area contributed by atoms with Crippen molar-refractivity contribution in [3.05, 3.63) is 16.6 Å². The quantitative estimate of drug-likeness (QED) is 0.706. The molecule has 1 aromatic rings. The molecule has 0 radical (unpaired) electrons. The van der Waals surface area contributed by atoms with Crippen molar-refractivity contribution in [3.63, 3.8) is 0 Å². The normalized spacial score (nSPS) is 15.8. The predicted molar refractivity (Wildman–Crippen MR) is 47.7 cm³/mol. The van der Waals surface area contributed by atoms with Gasteiger partial charge in [0.15, 0.2) is 0 Å². The average Bonchev–Trinajstić information content (AvgIpc) is 2.88. The summed E-state index contributed by atoms with van der Waals surface area (Å²) in [6.45, 7) is 0. The molecule has 0 aliphatic heterocycles. The van der Waals surface area contributed by atoms with E-state index in [4.69, 9.17) is 10.5 Å². The second-order valence-corrected chi connectivity index (χ2v) is 3.11. The molecular formula is C8H11N3O2. The predicted octanol–water partition coefficient (Wildman–Crippen LogP) is 0.169. The molecule has 70 valence electrons. The van der Waals surface area contributed by atoms with Crippen molar-refractivity contribution in [1.82, 2.24) is 9.78 Å². The summed E-state index contributed by atoms with van der Waals surface area (Å²) in [5, 5.41) is 3.95. The smallest absolute Gasteiger partial charge is 0.311 e. The van der Waals surface area contributed by atoms with Gasteiger partial charge >= 0.3 is 5.56 Å². The first kappa shape index (κ1) is 8.10. The number of methoxy groups -OCH3 is 1. The molecule has 1 aliphatic carbocycles. The second-order valence-electron chi connectivity index (χ2n) is 3.11. The minimum atomic E-state index is -0.231. The Labute approximate surface area is 75.1 Å². The molecule has 1 saturated carbocycles. The van der Waals surface area contributed by atoms with Crippen LogP contribution in [0.5, 0.6) is 5.75 Å². The molecule has 2 N–H and O–H groups in total. The summed E-state index contributed by atoms with van der Waals surface area (Å²) in [6.07, 6.45) is 3.48. The number of hydrogen-bond donors (Lipinski definition) is 1. The lowest BCUT2D eigenvalue weighted by atomic mass is 10.4. The van der Waals surface area contributed by atoms with Crippen LogP contribution in [0.25, 0.3) is 0 Å². The topological polar surface area (TPSA) is 70.1 Å². The van der Waals surface area contributed by atoms with E-state index in [1.54, 1.807) is 0 Å². The van der Waals surface area contributed by atoms with Gasteiger partial charge in [-0.25, -0.2) is 4.68 Å². The van der Waals surface area contributed by atoms with Gasteiger partial charge in [-0.1, -0.05) is 0 Å². The van der Waals surface area contributed by atoms with Crippen LogP contribution in [0.4, 0.5) is 5.69 Å². The summed E-state index contributed by atoms with van der Waals surface area (Å²) in [5.41, 5.74) is 5.58. The zero-order valence-electron chi connectivity index (χ0n) is 7.36. The minimum absolute atomic E-state index is 0.196. The van der Waals surface area contributed by atoms with E-state index in [-0.39, 0.29) is 17.4 Å². The Hall–Kier alpha value is -1.52. The van der Waals surface area contributed by atoms with Crippen molar-refractivity contribution in [2.45, 2.75) is 18.9 Å². The fourth-order valence-corrected chi connectivity index (χ4v) is 1.25. The average molecular weight is 181 g/mol. The van der Waals surface area contributed by atoms with Crippen LogP contribution in [0.3, 0.4) is 0 Å². The van der Waals surface area contributed by atoms with Gasteiger partial charge in [0.1, 0.15) is 5.69 Å². The lowest BCUT2D eigenvalue weighted by Crippen LogP contribution is -2.23. The zero-order chi connectivity index (χ0) is 9.42. The lowest BCUT2D eigenvalue weighted by Gasteiger charge is -2.06. The molecule has 0 bridgehead atoms. The molecule has 2 rings (SSSR count). The molecule has 0 spiro atoms. The van der Waals surface area contributed by atoms with Crippen LogP contribution in [0.15, 0.2) is 11.0 Å². The van der Waals surface area contributed by atoms with Crippen LogP contribution in [0, 0.1) is 0 Å². The molecule has 0 aromatic carbocycles. The molecule has 1 aliphatic rings. The summed E-state index contributed by atoms with van der Waals surface area (Å²) in [6, 6.07) is 0.252. The third kappa shape index (κ3) is 1.26. The van der Waals surface area contributed by atoms with Gasteiger partial charge in [-0.15, -0.1) is 0 Å². The number of nitrogens with zero attached hydrogens (tertiary/aromatic N) is 2. The monoisotopic (exact) mass is 181 g/mol. The molecule has 1 heterocycles. The van der Waals surface area contributed by atoms with Crippen LogP contribution >= 0.6 is 0 Å². The third-order valence-electron chi connectivity index (χ3n) is 2.08. The van der Waals surface area contributed by atoms with Crippen LogP contribution < -0.4 is 16.0 Å². The molecular weight excluding hydrogens is 170 g/mol. The molecule has 0 amide bonds. The van der Waals surface area contributed by atoms with Gasteiger partial charge in [-0.05, 0) is 12.8 Å². The van der Waals surface area contributed by atoms with Crippen LogP contribution in [-0.4, -0.2) is 16.9 Å². The largest absolute Gasteiger partial charge is 0.490 e. The van der Waals surface area contributed by atoms with E-state index in [0.29, 0.717) is 5.69 Å². The molecule has 0 saturated heterocycles. The van der Waals surface area contributed by atoms with Gasteiger partial charge in [0, 0.05) is 0 Å². The summed E-state index contributed by atoms with van der Waals surface area (Å²) < 4.78 is 6.34. The van der Waals surface area contributed by atoms with Crippen molar-refractivity contribution in [1.29, 1.82) is 0 Å². The van der Waals surface area contributed by atoms with Gasteiger partial charge in [0.05, 0.1) is 19.3 Å². The molecule has 0 atom stereocenters. The number of nitrogen functional groups attached to an aromatic ring is 1. The summed E-state index contributed by atoms with van der Waals surface area (Å²) >= 11 is 0. The van der Waals surface area contributed by atoms with Crippen molar-refractivity contribution in [3.8, 4) is 5.75 Å². The van der Waals surface area contributed by atoms with Crippen LogP contribution in [0.1, 0.15) is 18.9 Å². The third-order valence-corrected chi connectivity index (χ3v) is 2.08. The molecule has 13 heavy (non-hydrogen) atoms. The highest BCUT2D eigenvalue weighted by Crippen LogP contribution is 2.33. The molecule has 1 fully saturated rings. The Morgan fingerprint density at radius 2 is 2.38 bits per heavy atom. The van der Waals surface area contributed by atoms with E-state index in [9.17, 15) is 4.79 Å². The highest BCUT2D eigenvalue weighted by molar-refractivity contribution is 5.48. The van der Waals surface area contributed by atoms with Crippen molar-refractivity contribution >= 4 is 5.69 Å². The van der Waals surface area contributed by atoms with Crippen molar-refractivity contribution in [2.24, 2.45) is 0 Å². The summed E-state index contributed by atoms with van der Waals surface area (Å²) in [5.74, 6) is 0.196. The maximum absolute atomic E-state index is 11.6. The van der Waals surface area contributed by atoms with Crippen molar-refractivity contribution in [2.75, 3.05) is 12.8 Å². The molecule has 5 heteroatoms. The lowest BCUT2D eigenvalue weighted by molar-refractivity contribution is 0.399. The molecule has 0 unspecified atom stereocenters. The fraction of sp³-hybridized carbons (Fsp3) is 0.500. The zero-order valence-corrected chi connectivity index (χ0v) is 7.36. The van der Waals surface area contributed by atoms with E-state index in [1.807, 2.05) is 0 Å². The van der Waals surface area contributed by atoms with E-state index in [0.717, 1.165) is 12.8 Å².